The van der Waals surface area contributed by atoms with Gasteiger partial charge in [-0.25, -0.2) is 19.6 Å². The Hall–Kier alpha value is -6.96. The van der Waals surface area contributed by atoms with Crippen molar-refractivity contribution in [3.05, 3.63) is 108 Å². The summed E-state index contributed by atoms with van der Waals surface area (Å²) in [6, 6.07) is 28.4. The number of aromatic amines is 2. The summed E-state index contributed by atoms with van der Waals surface area (Å²) in [5.74, 6) is 1.38. The van der Waals surface area contributed by atoms with Crippen LogP contribution in [0.2, 0.25) is 0 Å². The average molecular weight is 847 g/mol. The minimum absolute atomic E-state index is 0.0948. The lowest BCUT2D eigenvalue weighted by Crippen LogP contribution is -2.54. The summed E-state index contributed by atoms with van der Waals surface area (Å²) < 4.78 is 9.72. The number of hydrogen-bond acceptors (Lipinski definition) is 8. The molecule has 322 valence electrons. The molecule has 2 aliphatic heterocycles. The number of H-pyrrole nitrogens is 2. The Morgan fingerprint density at radius 3 is 1.97 bits per heavy atom. The molecule has 3 aliphatic rings. The fourth-order valence-corrected chi connectivity index (χ4v) is 10.4. The largest absolute Gasteiger partial charge is 0.453 e. The number of aromatic nitrogens is 4. The molecule has 5 aromatic carbocycles. The van der Waals surface area contributed by atoms with Crippen molar-refractivity contribution in [2.75, 3.05) is 20.8 Å². The third-order valence-corrected chi connectivity index (χ3v) is 13.5. The van der Waals surface area contributed by atoms with E-state index in [9.17, 15) is 19.2 Å². The monoisotopic (exact) mass is 846 g/mol. The number of likely N-dealkylation sites (tertiary alicyclic amines) is 2. The molecule has 3 fully saturated rings. The Morgan fingerprint density at radius 2 is 1.33 bits per heavy atom. The molecule has 0 radical (unpaired) electrons. The molecular formula is C49H50N8O6. The Kier molecular flexibility index (Phi) is 10.2. The van der Waals surface area contributed by atoms with Crippen LogP contribution in [0.3, 0.4) is 0 Å². The Bertz CT molecular complexity index is 2930. The Morgan fingerprint density at radius 1 is 0.714 bits per heavy atom. The molecule has 1 saturated carbocycles. The molecular weight excluding hydrogens is 797 g/mol. The normalized spacial score (nSPS) is 20.5. The number of alkyl carbamates (subject to hydrolysis) is 2. The summed E-state index contributed by atoms with van der Waals surface area (Å²) in [5.41, 5.74) is 6.34. The number of methoxy groups -OCH3 is 2. The van der Waals surface area contributed by atoms with Gasteiger partial charge in [0.1, 0.15) is 23.7 Å². The van der Waals surface area contributed by atoms with Gasteiger partial charge in [0, 0.05) is 23.4 Å². The average Bonchev–Trinajstić information content (AvgIpc) is 4.17. The van der Waals surface area contributed by atoms with Gasteiger partial charge in [0.2, 0.25) is 5.91 Å². The summed E-state index contributed by atoms with van der Waals surface area (Å²) in [7, 11) is 2.60. The van der Waals surface area contributed by atoms with Crippen LogP contribution in [0.15, 0.2) is 91.0 Å². The number of carbonyl (C=O) groups excluding carboxylic acids is 4. The van der Waals surface area contributed by atoms with E-state index >= 15 is 0 Å². The van der Waals surface area contributed by atoms with Crippen molar-refractivity contribution in [2.45, 2.75) is 76.2 Å². The summed E-state index contributed by atoms with van der Waals surface area (Å²) in [4.78, 5) is 73.9. The van der Waals surface area contributed by atoms with Gasteiger partial charge in [0.05, 0.1) is 48.4 Å². The first kappa shape index (κ1) is 40.1. The molecule has 14 heteroatoms. The van der Waals surface area contributed by atoms with E-state index < -0.39 is 24.3 Å². The molecule has 4 heterocycles. The van der Waals surface area contributed by atoms with Gasteiger partial charge in [-0.15, -0.1) is 0 Å². The van der Waals surface area contributed by atoms with Gasteiger partial charge in [0.15, 0.2) is 0 Å². The highest BCUT2D eigenvalue weighted by atomic mass is 16.5. The number of carbonyl (C=O) groups is 4. The maximum absolute atomic E-state index is 14.1. The van der Waals surface area contributed by atoms with Crippen molar-refractivity contribution >= 4 is 67.6 Å². The number of amides is 4. The first-order valence-electron chi connectivity index (χ1n) is 21.8. The standard InChI is InChI=1S/C49H50N8O6/c1-26(2)39(54-48(60)62-3)47(59)57-33-17-12-32(25-33)43(57)45-51-37-21-16-31-24-29(14-19-35(31)42(37)53-45)28-13-18-34-30(23-28)15-20-36-41(34)52-44(50-36)38-11-8-22-56(38)46(58)40(55-49(61)63-4)27-9-6-5-7-10-27/h5-7,9-10,13-16,18-21,23-24,26,32-33,38-40,43H,8,11-12,17,22,25H2,1-4H3,(H,50,52)(H,51,53)(H,54,60)(H,55,61)/t32-,33+,38-,39?,40+,43-/m0/s1. The van der Waals surface area contributed by atoms with Gasteiger partial charge in [-0.05, 0) is 95.7 Å². The smallest absolute Gasteiger partial charge is 0.407 e. The molecule has 1 aliphatic carbocycles. The quantitative estimate of drug-likeness (QED) is 0.112. The van der Waals surface area contributed by atoms with Crippen LogP contribution in [0, 0.1) is 11.8 Å². The summed E-state index contributed by atoms with van der Waals surface area (Å²) in [6.45, 7) is 4.42. The first-order valence-corrected chi connectivity index (χ1v) is 21.8. The molecule has 63 heavy (non-hydrogen) atoms. The van der Waals surface area contributed by atoms with E-state index in [0.29, 0.717) is 18.0 Å². The maximum Gasteiger partial charge on any atom is 0.407 e. The summed E-state index contributed by atoms with van der Waals surface area (Å²) in [5, 5.41) is 9.72. The minimum atomic E-state index is -0.891. The van der Waals surface area contributed by atoms with Crippen LogP contribution in [0.4, 0.5) is 9.59 Å². The van der Waals surface area contributed by atoms with Crippen molar-refractivity contribution in [1.82, 2.24) is 40.4 Å². The number of nitrogens with zero attached hydrogens (tertiary/aromatic N) is 4. The van der Waals surface area contributed by atoms with Crippen LogP contribution >= 0.6 is 0 Å². The molecule has 4 N–H and O–H groups in total. The molecule has 1 unspecified atom stereocenters. The van der Waals surface area contributed by atoms with Crippen LogP contribution in [-0.2, 0) is 19.1 Å². The Labute approximate surface area is 363 Å². The highest BCUT2D eigenvalue weighted by Gasteiger charge is 2.51. The van der Waals surface area contributed by atoms with Crippen molar-refractivity contribution in [3.8, 4) is 11.1 Å². The van der Waals surface area contributed by atoms with Crippen molar-refractivity contribution < 1.29 is 28.7 Å². The van der Waals surface area contributed by atoms with Crippen LogP contribution in [0.5, 0.6) is 0 Å². The highest BCUT2D eigenvalue weighted by molar-refractivity contribution is 6.07. The van der Waals surface area contributed by atoms with Crippen molar-refractivity contribution in [1.29, 1.82) is 0 Å². The molecule has 7 aromatic rings. The topological polar surface area (TPSA) is 175 Å². The number of imidazole rings is 2. The van der Waals surface area contributed by atoms with Crippen LogP contribution < -0.4 is 10.6 Å². The van der Waals surface area contributed by atoms with E-state index in [-0.39, 0.29) is 35.9 Å². The molecule has 2 saturated heterocycles. The summed E-state index contributed by atoms with van der Waals surface area (Å²) >= 11 is 0. The second kappa shape index (κ2) is 16.1. The number of hydrogen-bond donors (Lipinski definition) is 4. The second-order valence-electron chi connectivity index (χ2n) is 17.5. The number of piperidine rings is 1. The van der Waals surface area contributed by atoms with E-state index in [1.54, 1.807) is 0 Å². The van der Waals surface area contributed by atoms with Crippen LogP contribution in [0.25, 0.3) is 54.7 Å². The predicted molar refractivity (Wildman–Crippen MR) is 239 cm³/mol. The lowest BCUT2D eigenvalue weighted by atomic mass is 9.95. The fourth-order valence-electron chi connectivity index (χ4n) is 10.4. The molecule has 10 rings (SSSR count). The van der Waals surface area contributed by atoms with E-state index in [4.69, 9.17) is 19.4 Å². The van der Waals surface area contributed by atoms with E-state index in [2.05, 4.69) is 69.1 Å². The van der Waals surface area contributed by atoms with Gasteiger partial charge >= 0.3 is 12.2 Å². The number of rotatable bonds is 9. The zero-order valence-electron chi connectivity index (χ0n) is 35.7. The SMILES string of the molecule is COC(=O)NC(C(=O)N1[C@@H]2CC[C@@H](C2)[C@H]1c1nc2ccc3cc(-c4ccc5c(ccc6nc([C@@H]7CCCN7C(=O)[C@H](NC(=O)OC)c7ccccc7)[nH]c65)c4)ccc3c2[nH]1)C(C)C. The van der Waals surface area contributed by atoms with Gasteiger partial charge in [-0.2, -0.15) is 0 Å². The van der Waals surface area contributed by atoms with Gasteiger partial charge in [-0.3, -0.25) is 9.59 Å². The number of fused-ring (bicyclic) bond motifs is 8. The summed E-state index contributed by atoms with van der Waals surface area (Å²) in [6.07, 6.45) is 3.18. The second-order valence-corrected chi connectivity index (χ2v) is 17.5. The molecule has 14 nitrogen and oxygen atoms in total. The highest BCUT2D eigenvalue weighted by Crippen LogP contribution is 2.50. The van der Waals surface area contributed by atoms with Gasteiger partial charge in [-0.1, -0.05) is 80.6 Å². The lowest BCUT2D eigenvalue weighted by molar-refractivity contribution is -0.139. The Balaban J connectivity index is 0.920. The molecule has 0 spiro atoms. The van der Waals surface area contributed by atoms with Gasteiger partial charge in [0.25, 0.3) is 5.91 Å². The first-order chi connectivity index (χ1) is 30.6. The lowest BCUT2D eigenvalue weighted by Gasteiger charge is -2.37. The van der Waals surface area contributed by atoms with Crippen molar-refractivity contribution in [3.63, 3.8) is 0 Å². The number of ether oxygens (including phenoxy) is 2. The van der Waals surface area contributed by atoms with Crippen LogP contribution in [-0.4, -0.2) is 86.6 Å². The van der Waals surface area contributed by atoms with E-state index in [1.807, 2.05) is 66.1 Å². The third kappa shape index (κ3) is 7.07. The third-order valence-electron chi connectivity index (χ3n) is 13.5. The van der Waals surface area contributed by atoms with E-state index in [1.165, 1.54) is 14.2 Å². The number of benzene rings is 5. The van der Waals surface area contributed by atoms with Crippen LogP contribution in [0.1, 0.15) is 81.3 Å². The van der Waals surface area contributed by atoms with Crippen molar-refractivity contribution in [2.24, 2.45) is 11.8 Å². The predicted octanol–water partition coefficient (Wildman–Crippen LogP) is 8.61. The minimum Gasteiger partial charge on any atom is -0.453 e. The van der Waals surface area contributed by atoms with E-state index in [0.717, 1.165) is 98.5 Å². The molecule has 2 aromatic heterocycles. The molecule has 4 amide bonds. The zero-order chi connectivity index (χ0) is 43.5. The molecule has 6 atom stereocenters. The fraction of sp³-hybridized carbons (Fsp3) is 0.347. The number of nitrogens with one attached hydrogen (secondary N) is 4. The maximum atomic E-state index is 14.1. The van der Waals surface area contributed by atoms with Gasteiger partial charge < -0.3 is 39.9 Å². The zero-order valence-corrected chi connectivity index (χ0v) is 35.7. The molecule has 2 bridgehead atoms.